The van der Waals surface area contributed by atoms with Gasteiger partial charge in [0.1, 0.15) is 0 Å². The highest BCUT2D eigenvalue weighted by Crippen LogP contribution is 2.23. The van der Waals surface area contributed by atoms with Gasteiger partial charge in [-0.2, -0.15) is 4.98 Å². The van der Waals surface area contributed by atoms with Gasteiger partial charge in [0.2, 0.25) is 5.95 Å². The summed E-state index contributed by atoms with van der Waals surface area (Å²) in [5, 5.41) is 11.5. The van der Waals surface area contributed by atoms with E-state index < -0.39 is 0 Å². The molecule has 1 saturated heterocycles. The number of rotatable bonds is 2. The molecule has 0 unspecified atom stereocenters. The second-order valence-electron chi connectivity index (χ2n) is 5.30. The summed E-state index contributed by atoms with van der Waals surface area (Å²) in [6.07, 6.45) is 0. The first-order valence-electron chi connectivity index (χ1n) is 6.80. The number of anilines is 1. The molecule has 0 radical (unpaired) electrons. The lowest BCUT2D eigenvalue weighted by molar-refractivity contribution is 0.480. The first-order chi connectivity index (χ1) is 9.61. The van der Waals surface area contributed by atoms with E-state index in [1.807, 2.05) is 19.1 Å². The van der Waals surface area contributed by atoms with E-state index in [4.69, 9.17) is 11.6 Å². The summed E-state index contributed by atoms with van der Waals surface area (Å²) in [6, 6.07) is 6.34. The van der Waals surface area contributed by atoms with Crippen LogP contribution in [0.5, 0.6) is 0 Å². The Morgan fingerprint density at radius 2 is 2.20 bits per heavy atom. The van der Waals surface area contributed by atoms with Crippen molar-refractivity contribution in [1.29, 1.82) is 0 Å². The highest BCUT2D eigenvalue weighted by molar-refractivity contribution is 6.30. The van der Waals surface area contributed by atoms with Crippen LogP contribution in [-0.2, 0) is 0 Å². The Kier molecular flexibility index (Phi) is 3.63. The van der Waals surface area contributed by atoms with Crippen LogP contribution >= 0.6 is 11.6 Å². The summed E-state index contributed by atoms with van der Waals surface area (Å²) in [5.74, 6) is 1.52. The molecule has 0 aliphatic carbocycles. The summed E-state index contributed by atoms with van der Waals surface area (Å²) >= 11 is 6.09. The largest absolute Gasteiger partial charge is 0.337 e. The molecule has 0 spiro atoms. The number of H-pyrrole nitrogens is 1. The minimum Gasteiger partial charge on any atom is -0.337 e. The molecular formula is C14H18ClN5. The minimum absolute atomic E-state index is 0.458. The Hall–Kier alpha value is -1.59. The Bertz CT molecular complexity index is 589. The zero-order valence-electron chi connectivity index (χ0n) is 11.7. The van der Waals surface area contributed by atoms with Gasteiger partial charge in [-0.15, -0.1) is 5.10 Å². The van der Waals surface area contributed by atoms with Gasteiger partial charge in [0.05, 0.1) is 0 Å². The fourth-order valence-corrected chi connectivity index (χ4v) is 2.80. The fourth-order valence-electron chi connectivity index (χ4n) is 2.51. The predicted molar refractivity (Wildman–Crippen MR) is 81.2 cm³/mol. The molecule has 1 atom stereocenters. The number of aromatic nitrogens is 3. The van der Waals surface area contributed by atoms with Crippen LogP contribution in [0, 0.1) is 6.92 Å². The monoisotopic (exact) mass is 291 g/mol. The normalized spacial score (nSPS) is 19.4. The van der Waals surface area contributed by atoms with Crippen molar-refractivity contribution in [3.05, 3.63) is 28.8 Å². The molecule has 3 rings (SSSR count). The summed E-state index contributed by atoms with van der Waals surface area (Å²) in [5.41, 5.74) is 2.08. The van der Waals surface area contributed by atoms with Gasteiger partial charge in [0.25, 0.3) is 0 Å². The lowest BCUT2D eigenvalue weighted by Crippen LogP contribution is -2.49. The van der Waals surface area contributed by atoms with Crippen LogP contribution in [0.25, 0.3) is 11.4 Å². The number of piperazine rings is 1. The number of aryl methyl sites for hydroxylation is 1. The molecular weight excluding hydrogens is 274 g/mol. The van der Waals surface area contributed by atoms with E-state index in [1.165, 1.54) is 0 Å². The van der Waals surface area contributed by atoms with Crippen LogP contribution in [-0.4, -0.2) is 40.9 Å². The standard InChI is InChI=1S/C14H18ClN5/c1-9-5-11(7-12(15)6-9)13-17-14(19-18-13)20-4-3-16-10(2)8-20/h5-7,10,16H,3-4,8H2,1-2H3,(H,17,18,19)/t10-/m1/s1. The Labute approximate surface area is 123 Å². The van der Waals surface area contributed by atoms with Crippen molar-refractivity contribution in [3.63, 3.8) is 0 Å². The van der Waals surface area contributed by atoms with Crippen LogP contribution in [0.15, 0.2) is 18.2 Å². The number of nitrogens with one attached hydrogen (secondary N) is 2. The molecule has 0 bridgehead atoms. The average molecular weight is 292 g/mol. The SMILES string of the molecule is Cc1cc(Cl)cc(-c2nc(N3CCN[C@H](C)C3)n[nH]2)c1. The van der Waals surface area contributed by atoms with E-state index in [-0.39, 0.29) is 0 Å². The highest BCUT2D eigenvalue weighted by atomic mass is 35.5. The van der Waals surface area contributed by atoms with Crippen molar-refractivity contribution in [3.8, 4) is 11.4 Å². The summed E-state index contributed by atoms with van der Waals surface area (Å²) in [4.78, 5) is 6.79. The Morgan fingerprint density at radius 3 is 2.95 bits per heavy atom. The molecule has 5 nitrogen and oxygen atoms in total. The lowest BCUT2D eigenvalue weighted by atomic mass is 10.1. The quantitative estimate of drug-likeness (QED) is 0.891. The number of hydrogen-bond donors (Lipinski definition) is 2. The second-order valence-corrected chi connectivity index (χ2v) is 5.74. The van der Waals surface area contributed by atoms with Gasteiger partial charge in [-0.05, 0) is 37.6 Å². The molecule has 2 aromatic rings. The third-order valence-electron chi connectivity index (χ3n) is 3.44. The van der Waals surface area contributed by atoms with Crippen molar-refractivity contribution in [2.24, 2.45) is 0 Å². The zero-order chi connectivity index (χ0) is 14.1. The molecule has 1 aromatic carbocycles. The van der Waals surface area contributed by atoms with Gasteiger partial charge < -0.3 is 10.2 Å². The maximum Gasteiger partial charge on any atom is 0.245 e. The fraction of sp³-hybridized carbons (Fsp3) is 0.429. The van der Waals surface area contributed by atoms with Crippen molar-refractivity contribution < 1.29 is 0 Å². The van der Waals surface area contributed by atoms with Crippen LogP contribution in [0.2, 0.25) is 5.02 Å². The van der Waals surface area contributed by atoms with Crippen molar-refractivity contribution in [2.45, 2.75) is 19.9 Å². The molecule has 106 valence electrons. The Balaban J connectivity index is 1.86. The van der Waals surface area contributed by atoms with Crippen LogP contribution < -0.4 is 10.2 Å². The van der Waals surface area contributed by atoms with E-state index in [9.17, 15) is 0 Å². The molecule has 1 aliphatic heterocycles. The third-order valence-corrected chi connectivity index (χ3v) is 3.66. The Morgan fingerprint density at radius 1 is 1.35 bits per heavy atom. The summed E-state index contributed by atoms with van der Waals surface area (Å²) < 4.78 is 0. The van der Waals surface area contributed by atoms with Gasteiger partial charge in [-0.25, -0.2) is 0 Å². The van der Waals surface area contributed by atoms with Gasteiger partial charge in [-0.3, -0.25) is 5.10 Å². The van der Waals surface area contributed by atoms with Gasteiger partial charge in [0, 0.05) is 36.3 Å². The van der Waals surface area contributed by atoms with Gasteiger partial charge >= 0.3 is 0 Å². The number of benzene rings is 1. The first kappa shape index (κ1) is 13.4. The first-order valence-corrected chi connectivity index (χ1v) is 7.18. The van der Waals surface area contributed by atoms with Gasteiger partial charge in [0.15, 0.2) is 5.82 Å². The lowest BCUT2D eigenvalue weighted by Gasteiger charge is -2.30. The molecule has 6 heteroatoms. The summed E-state index contributed by atoms with van der Waals surface area (Å²) in [7, 11) is 0. The van der Waals surface area contributed by atoms with E-state index in [2.05, 4.69) is 38.4 Å². The smallest absolute Gasteiger partial charge is 0.245 e. The van der Waals surface area contributed by atoms with Crippen LogP contribution in [0.3, 0.4) is 0 Å². The highest BCUT2D eigenvalue weighted by Gasteiger charge is 2.19. The number of aromatic amines is 1. The molecule has 1 aromatic heterocycles. The molecule has 0 saturated carbocycles. The maximum atomic E-state index is 6.09. The van der Waals surface area contributed by atoms with Crippen molar-refractivity contribution in [1.82, 2.24) is 20.5 Å². The number of hydrogen-bond acceptors (Lipinski definition) is 4. The van der Waals surface area contributed by atoms with E-state index >= 15 is 0 Å². The molecule has 0 amide bonds. The summed E-state index contributed by atoms with van der Waals surface area (Å²) in [6.45, 7) is 6.99. The van der Waals surface area contributed by atoms with E-state index in [0.29, 0.717) is 11.1 Å². The van der Waals surface area contributed by atoms with Crippen LogP contribution in [0.4, 0.5) is 5.95 Å². The molecule has 20 heavy (non-hydrogen) atoms. The molecule has 1 fully saturated rings. The molecule has 2 N–H and O–H groups in total. The minimum atomic E-state index is 0.458. The number of nitrogens with zero attached hydrogens (tertiary/aromatic N) is 3. The maximum absolute atomic E-state index is 6.09. The topological polar surface area (TPSA) is 56.8 Å². The average Bonchev–Trinajstić information content (AvgIpc) is 2.87. The zero-order valence-corrected chi connectivity index (χ0v) is 12.4. The van der Waals surface area contributed by atoms with Crippen LogP contribution in [0.1, 0.15) is 12.5 Å². The van der Waals surface area contributed by atoms with Gasteiger partial charge in [-0.1, -0.05) is 11.6 Å². The predicted octanol–water partition coefficient (Wildman–Crippen LogP) is 2.23. The number of halogens is 1. The van der Waals surface area contributed by atoms with E-state index in [1.54, 1.807) is 0 Å². The third kappa shape index (κ3) is 2.78. The molecule has 2 heterocycles. The van der Waals surface area contributed by atoms with Crippen molar-refractivity contribution >= 4 is 17.5 Å². The van der Waals surface area contributed by atoms with E-state index in [0.717, 1.165) is 42.5 Å². The second kappa shape index (κ2) is 5.42. The molecule has 1 aliphatic rings. The van der Waals surface area contributed by atoms with Crippen molar-refractivity contribution in [2.75, 3.05) is 24.5 Å².